The van der Waals surface area contributed by atoms with Crippen molar-refractivity contribution in [2.24, 2.45) is 0 Å². The van der Waals surface area contributed by atoms with Crippen molar-refractivity contribution in [1.29, 1.82) is 0 Å². The zero-order chi connectivity index (χ0) is 18.0. The summed E-state index contributed by atoms with van der Waals surface area (Å²) in [5, 5.41) is 11.9. The lowest BCUT2D eigenvalue weighted by Gasteiger charge is -2.24. The minimum absolute atomic E-state index is 0.0791. The molecule has 1 unspecified atom stereocenters. The van der Waals surface area contributed by atoms with Crippen LogP contribution >= 0.6 is 0 Å². The SMILES string of the molecule is CNC(=O)C1Cc2ccccc2N1C(=O)Cc1ccccc1C(=O)O. The van der Waals surface area contributed by atoms with E-state index in [0.717, 1.165) is 5.56 Å². The third kappa shape index (κ3) is 3.10. The Bertz CT molecular complexity index is 847. The molecule has 0 aliphatic carbocycles. The number of likely N-dealkylation sites (N-methyl/N-ethyl adjacent to an activating group) is 1. The van der Waals surface area contributed by atoms with Gasteiger partial charge in [0.1, 0.15) is 6.04 Å². The lowest BCUT2D eigenvalue weighted by molar-refractivity contribution is -0.125. The van der Waals surface area contributed by atoms with Crippen molar-refractivity contribution in [3.63, 3.8) is 0 Å². The van der Waals surface area contributed by atoms with E-state index >= 15 is 0 Å². The van der Waals surface area contributed by atoms with Gasteiger partial charge in [-0.15, -0.1) is 0 Å². The van der Waals surface area contributed by atoms with Crippen LogP contribution in [-0.4, -0.2) is 36.0 Å². The molecule has 2 aromatic rings. The van der Waals surface area contributed by atoms with E-state index in [2.05, 4.69) is 5.32 Å². The number of benzene rings is 2. The number of carboxylic acid groups (broad SMARTS) is 1. The van der Waals surface area contributed by atoms with Crippen molar-refractivity contribution < 1.29 is 19.5 Å². The summed E-state index contributed by atoms with van der Waals surface area (Å²) in [6, 6.07) is 13.2. The minimum Gasteiger partial charge on any atom is -0.478 e. The number of aromatic carboxylic acids is 1. The third-order valence-electron chi connectivity index (χ3n) is 4.38. The molecule has 1 atom stereocenters. The molecular weight excluding hydrogens is 320 g/mol. The van der Waals surface area contributed by atoms with E-state index < -0.39 is 12.0 Å². The van der Waals surface area contributed by atoms with Crippen LogP contribution in [0.15, 0.2) is 48.5 Å². The van der Waals surface area contributed by atoms with E-state index in [0.29, 0.717) is 17.7 Å². The first-order valence-corrected chi connectivity index (χ1v) is 7.95. The molecule has 128 valence electrons. The summed E-state index contributed by atoms with van der Waals surface area (Å²) >= 11 is 0. The highest BCUT2D eigenvalue weighted by atomic mass is 16.4. The molecule has 2 N–H and O–H groups in total. The Balaban J connectivity index is 1.94. The van der Waals surface area contributed by atoms with Gasteiger partial charge in [0.25, 0.3) is 0 Å². The minimum atomic E-state index is -1.08. The monoisotopic (exact) mass is 338 g/mol. The van der Waals surface area contributed by atoms with Gasteiger partial charge in [0.15, 0.2) is 0 Å². The van der Waals surface area contributed by atoms with Crippen LogP contribution in [0.5, 0.6) is 0 Å². The van der Waals surface area contributed by atoms with Crippen molar-refractivity contribution in [3.05, 3.63) is 65.2 Å². The van der Waals surface area contributed by atoms with Gasteiger partial charge in [-0.2, -0.15) is 0 Å². The number of amides is 2. The van der Waals surface area contributed by atoms with E-state index in [1.807, 2.05) is 18.2 Å². The molecule has 1 heterocycles. The number of carbonyl (C=O) groups is 3. The van der Waals surface area contributed by atoms with Crippen molar-refractivity contribution in [2.75, 3.05) is 11.9 Å². The maximum absolute atomic E-state index is 12.9. The predicted octanol–water partition coefficient (Wildman–Crippen LogP) is 1.63. The van der Waals surface area contributed by atoms with Crippen LogP contribution in [0.1, 0.15) is 21.5 Å². The van der Waals surface area contributed by atoms with Crippen LogP contribution in [0.4, 0.5) is 5.69 Å². The summed E-state index contributed by atoms with van der Waals surface area (Å²) in [6.07, 6.45) is 0.368. The molecule has 2 aromatic carbocycles. The average Bonchev–Trinajstić information content (AvgIpc) is 3.01. The third-order valence-corrected chi connectivity index (χ3v) is 4.38. The summed E-state index contributed by atoms with van der Waals surface area (Å²) in [6.45, 7) is 0. The van der Waals surface area contributed by atoms with E-state index in [-0.39, 0.29) is 23.8 Å². The number of rotatable bonds is 4. The Morgan fingerprint density at radius 1 is 1.12 bits per heavy atom. The van der Waals surface area contributed by atoms with E-state index in [9.17, 15) is 19.5 Å². The first-order chi connectivity index (χ1) is 12.0. The second-order valence-corrected chi connectivity index (χ2v) is 5.87. The lowest BCUT2D eigenvalue weighted by atomic mass is 10.0. The molecule has 0 spiro atoms. The number of hydrogen-bond acceptors (Lipinski definition) is 3. The largest absolute Gasteiger partial charge is 0.478 e. The molecule has 2 amide bonds. The number of fused-ring (bicyclic) bond motifs is 1. The van der Waals surface area contributed by atoms with E-state index in [4.69, 9.17) is 0 Å². The van der Waals surface area contributed by atoms with Crippen molar-refractivity contribution in [2.45, 2.75) is 18.9 Å². The number of carbonyl (C=O) groups excluding carboxylic acids is 2. The molecule has 0 bridgehead atoms. The van der Waals surface area contributed by atoms with Gasteiger partial charge >= 0.3 is 5.97 Å². The van der Waals surface area contributed by atoms with Gasteiger partial charge in [0.2, 0.25) is 11.8 Å². The van der Waals surface area contributed by atoms with Gasteiger partial charge in [-0.1, -0.05) is 36.4 Å². The lowest BCUT2D eigenvalue weighted by Crippen LogP contribution is -2.47. The fourth-order valence-corrected chi connectivity index (χ4v) is 3.20. The summed E-state index contributed by atoms with van der Waals surface area (Å²) < 4.78 is 0. The van der Waals surface area contributed by atoms with Gasteiger partial charge in [-0.3, -0.25) is 14.5 Å². The summed E-state index contributed by atoms with van der Waals surface area (Å²) in [7, 11) is 1.54. The number of nitrogens with zero attached hydrogens (tertiary/aromatic N) is 1. The first-order valence-electron chi connectivity index (χ1n) is 7.95. The molecule has 25 heavy (non-hydrogen) atoms. The quantitative estimate of drug-likeness (QED) is 0.887. The Morgan fingerprint density at radius 3 is 2.52 bits per heavy atom. The summed E-state index contributed by atoms with van der Waals surface area (Å²) in [5.41, 5.74) is 2.16. The Kier molecular flexibility index (Phi) is 4.52. The topological polar surface area (TPSA) is 86.7 Å². The molecule has 6 heteroatoms. The molecule has 0 aromatic heterocycles. The fourth-order valence-electron chi connectivity index (χ4n) is 3.20. The van der Waals surface area contributed by atoms with E-state index in [1.54, 1.807) is 24.3 Å². The van der Waals surface area contributed by atoms with Crippen LogP contribution in [0.25, 0.3) is 0 Å². The normalized spacial score (nSPS) is 15.6. The molecule has 1 aliphatic rings. The molecule has 0 saturated carbocycles. The van der Waals surface area contributed by atoms with Crippen molar-refractivity contribution in [3.8, 4) is 0 Å². The zero-order valence-corrected chi connectivity index (χ0v) is 13.7. The highest BCUT2D eigenvalue weighted by molar-refractivity contribution is 6.05. The molecule has 3 rings (SSSR count). The van der Waals surface area contributed by atoms with Crippen LogP contribution in [0.2, 0.25) is 0 Å². The second-order valence-electron chi connectivity index (χ2n) is 5.87. The first kappa shape index (κ1) is 16.7. The van der Waals surface area contributed by atoms with Crippen LogP contribution in [-0.2, 0) is 22.4 Å². The Morgan fingerprint density at radius 2 is 1.80 bits per heavy atom. The van der Waals surface area contributed by atoms with Gasteiger partial charge in [-0.05, 0) is 23.3 Å². The van der Waals surface area contributed by atoms with Gasteiger partial charge in [0.05, 0.1) is 12.0 Å². The predicted molar refractivity (Wildman–Crippen MR) is 92.6 cm³/mol. The maximum atomic E-state index is 12.9. The molecular formula is C19H18N2O4. The second kappa shape index (κ2) is 6.76. The van der Waals surface area contributed by atoms with Crippen molar-refractivity contribution in [1.82, 2.24) is 5.32 Å². The van der Waals surface area contributed by atoms with Crippen LogP contribution in [0.3, 0.4) is 0 Å². The van der Waals surface area contributed by atoms with Gasteiger partial charge in [-0.25, -0.2) is 4.79 Å². The Labute approximate surface area is 145 Å². The zero-order valence-electron chi connectivity index (χ0n) is 13.7. The highest BCUT2D eigenvalue weighted by Gasteiger charge is 2.37. The average molecular weight is 338 g/mol. The number of carboxylic acids is 1. The molecule has 0 saturated heterocycles. The number of anilines is 1. The summed E-state index contributed by atoms with van der Waals surface area (Å²) in [4.78, 5) is 38.0. The number of para-hydroxylation sites is 1. The highest BCUT2D eigenvalue weighted by Crippen LogP contribution is 2.32. The number of nitrogens with one attached hydrogen (secondary N) is 1. The van der Waals surface area contributed by atoms with Crippen LogP contribution in [0, 0.1) is 0 Å². The van der Waals surface area contributed by atoms with Gasteiger partial charge in [0, 0.05) is 19.2 Å². The fraction of sp³-hybridized carbons (Fsp3) is 0.211. The van der Waals surface area contributed by atoms with E-state index in [1.165, 1.54) is 18.0 Å². The number of hydrogen-bond donors (Lipinski definition) is 2. The molecule has 1 aliphatic heterocycles. The Hall–Kier alpha value is -3.15. The van der Waals surface area contributed by atoms with Crippen LogP contribution < -0.4 is 10.2 Å². The maximum Gasteiger partial charge on any atom is 0.335 e. The van der Waals surface area contributed by atoms with Crippen molar-refractivity contribution >= 4 is 23.5 Å². The smallest absolute Gasteiger partial charge is 0.335 e. The standard InChI is InChI=1S/C19H18N2O4/c1-20-18(23)16-10-13-7-3-5-9-15(13)21(16)17(22)11-12-6-2-4-8-14(12)19(24)25/h2-9,16H,10-11H2,1H3,(H,20,23)(H,24,25). The molecule has 0 radical (unpaired) electrons. The summed E-state index contributed by atoms with van der Waals surface area (Å²) in [5.74, 6) is -1.61. The molecule has 6 nitrogen and oxygen atoms in total. The molecule has 0 fully saturated rings. The van der Waals surface area contributed by atoms with Gasteiger partial charge < -0.3 is 10.4 Å².